The second-order valence-electron chi connectivity index (χ2n) is 10.4. The summed E-state index contributed by atoms with van der Waals surface area (Å²) < 4.78 is 0. The second kappa shape index (κ2) is 8.61. The molecule has 4 rings (SSSR count). The van der Waals surface area contributed by atoms with Crippen LogP contribution in [0.5, 0.6) is 5.75 Å². The van der Waals surface area contributed by atoms with E-state index < -0.39 is 64.4 Å². The first-order valence-electron chi connectivity index (χ1n) is 11.7. The van der Waals surface area contributed by atoms with Crippen LogP contribution in [0.15, 0.2) is 12.1 Å². The number of Topliss-reactive ketones (excluding diaryl/α,β-unsaturated/α-hetero) is 4. The molecule has 6 atom stereocenters. The third kappa shape index (κ3) is 3.62. The molecule has 1 aromatic rings. The van der Waals surface area contributed by atoms with Crippen molar-refractivity contribution >= 4 is 29.0 Å². The van der Waals surface area contributed by atoms with E-state index in [1.54, 1.807) is 20.2 Å². The first-order valence-corrected chi connectivity index (χ1v) is 11.7. The molecule has 1 aromatic carbocycles. The number of amides is 1. The number of nitrogens with two attached hydrogens (primary N) is 1. The van der Waals surface area contributed by atoms with Crippen LogP contribution in [-0.2, 0) is 32.1 Å². The van der Waals surface area contributed by atoms with E-state index in [4.69, 9.17) is 5.73 Å². The fraction of sp³-hybridized carbons (Fsp3) is 0.560. The van der Waals surface area contributed by atoms with Crippen LogP contribution in [0.1, 0.15) is 41.8 Å². The van der Waals surface area contributed by atoms with Gasteiger partial charge in [-0.1, -0.05) is 19.9 Å². The Morgan fingerprint density at radius 1 is 1.20 bits per heavy atom. The fourth-order valence-corrected chi connectivity index (χ4v) is 6.15. The standard InChI is InChI=1S/C25H31N3O7/c1-10(2)27-9-11-5-6-15(29)17-13(11)7-12-8-14-19(28(3)4)21(31)18(24(26)34)23(33)25(14,35)22(32)16(12)20(17)30/h5-6,10,12,14,16,18-19,27,29,35H,7-9H2,1-4H3,(H2,26,34)/t12-,14-,16?,18?,19?,25-/m1/s1. The topological polar surface area (TPSA) is 167 Å². The SMILES string of the molecule is CC(C)NCc1ccc(O)c2c1C[C@@H]1C[C@@H]3C(N(C)C)C(=O)C(C(N)=O)C(=O)[C@]3(O)C(=O)C1C2=O. The number of ketones is 4. The number of rotatable bonds is 5. The van der Waals surface area contributed by atoms with E-state index in [2.05, 4.69) is 5.32 Å². The summed E-state index contributed by atoms with van der Waals surface area (Å²) in [6, 6.07) is 2.19. The minimum atomic E-state index is -2.71. The summed E-state index contributed by atoms with van der Waals surface area (Å²) in [6.07, 6.45) is 0.298. The number of fused-ring (bicyclic) bond motifs is 3. The van der Waals surface area contributed by atoms with Crippen molar-refractivity contribution in [1.82, 2.24) is 10.2 Å². The Morgan fingerprint density at radius 3 is 2.43 bits per heavy atom. The van der Waals surface area contributed by atoms with Gasteiger partial charge in [0.05, 0.1) is 17.5 Å². The number of likely N-dealkylation sites (N-methyl/N-ethyl adjacent to an activating group) is 1. The molecule has 188 valence electrons. The highest BCUT2D eigenvalue weighted by atomic mass is 16.3. The molecule has 3 aliphatic carbocycles. The lowest BCUT2D eigenvalue weighted by Gasteiger charge is -2.52. The predicted octanol–water partition coefficient (Wildman–Crippen LogP) is -0.635. The summed E-state index contributed by atoms with van der Waals surface area (Å²) in [4.78, 5) is 67.1. The average Bonchev–Trinajstić information content (AvgIpc) is 2.75. The number of carbonyl (C=O) groups is 5. The maximum atomic E-state index is 13.7. The Balaban J connectivity index is 1.83. The van der Waals surface area contributed by atoms with Crippen LogP contribution in [0.4, 0.5) is 0 Å². The molecule has 0 aliphatic heterocycles. The van der Waals surface area contributed by atoms with Gasteiger partial charge in [-0.3, -0.25) is 28.9 Å². The Hall–Kier alpha value is -2.95. The minimum Gasteiger partial charge on any atom is -0.507 e. The Morgan fingerprint density at radius 2 is 1.86 bits per heavy atom. The number of hydrogen-bond donors (Lipinski definition) is 4. The van der Waals surface area contributed by atoms with Crippen molar-refractivity contribution in [2.45, 2.75) is 50.9 Å². The lowest BCUT2D eigenvalue weighted by molar-refractivity contribution is -0.181. The van der Waals surface area contributed by atoms with Gasteiger partial charge in [-0.05, 0) is 50.0 Å². The summed E-state index contributed by atoms with van der Waals surface area (Å²) in [6.45, 7) is 4.41. The number of phenols is 1. The molecular formula is C25H31N3O7. The molecule has 0 heterocycles. The van der Waals surface area contributed by atoms with E-state index in [-0.39, 0.29) is 30.2 Å². The molecule has 2 saturated carbocycles. The smallest absolute Gasteiger partial charge is 0.235 e. The third-order valence-electron chi connectivity index (χ3n) is 7.74. The van der Waals surface area contributed by atoms with Gasteiger partial charge in [0.15, 0.2) is 34.7 Å². The van der Waals surface area contributed by atoms with Gasteiger partial charge in [-0.2, -0.15) is 0 Å². The number of aliphatic hydroxyl groups is 1. The van der Waals surface area contributed by atoms with Crippen LogP contribution in [0.2, 0.25) is 0 Å². The van der Waals surface area contributed by atoms with Crippen LogP contribution in [-0.4, -0.2) is 75.9 Å². The number of aromatic hydroxyl groups is 1. The molecule has 0 saturated heterocycles. The molecule has 0 aromatic heterocycles. The maximum Gasteiger partial charge on any atom is 0.235 e. The summed E-state index contributed by atoms with van der Waals surface area (Å²) >= 11 is 0. The van der Waals surface area contributed by atoms with Gasteiger partial charge in [0.25, 0.3) is 0 Å². The highest BCUT2D eigenvalue weighted by Crippen LogP contribution is 2.50. The van der Waals surface area contributed by atoms with Crippen LogP contribution < -0.4 is 11.1 Å². The van der Waals surface area contributed by atoms with E-state index in [0.29, 0.717) is 12.1 Å². The van der Waals surface area contributed by atoms with Crippen LogP contribution in [0.3, 0.4) is 0 Å². The number of nitrogens with zero attached hydrogens (tertiary/aromatic N) is 1. The molecule has 35 heavy (non-hydrogen) atoms. The largest absolute Gasteiger partial charge is 0.507 e. The normalized spacial score (nSPS) is 32.5. The van der Waals surface area contributed by atoms with Gasteiger partial charge in [-0.15, -0.1) is 0 Å². The van der Waals surface area contributed by atoms with E-state index in [1.807, 2.05) is 13.8 Å². The summed E-state index contributed by atoms with van der Waals surface area (Å²) in [5.41, 5.74) is 4.05. The van der Waals surface area contributed by atoms with Crippen molar-refractivity contribution in [3.8, 4) is 5.75 Å². The van der Waals surface area contributed by atoms with Crippen molar-refractivity contribution in [2.24, 2.45) is 29.4 Å². The van der Waals surface area contributed by atoms with E-state index >= 15 is 0 Å². The summed E-state index contributed by atoms with van der Waals surface area (Å²) in [5, 5.41) is 25.4. The molecule has 0 bridgehead atoms. The molecule has 1 amide bonds. The molecule has 2 fully saturated rings. The number of benzene rings is 1. The molecule has 0 spiro atoms. The lowest BCUT2D eigenvalue weighted by atomic mass is 9.52. The van der Waals surface area contributed by atoms with Crippen molar-refractivity contribution in [1.29, 1.82) is 0 Å². The van der Waals surface area contributed by atoms with E-state index in [0.717, 1.165) is 5.56 Å². The highest BCUT2D eigenvalue weighted by Gasteiger charge is 2.69. The van der Waals surface area contributed by atoms with E-state index in [9.17, 15) is 34.2 Å². The first-order chi connectivity index (χ1) is 16.3. The predicted molar refractivity (Wildman–Crippen MR) is 123 cm³/mol. The number of nitrogens with one attached hydrogen (secondary N) is 1. The number of phenolic OH excluding ortho intramolecular Hbond substituents is 1. The molecule has 3 aliphatic rings. The van der Waals surface area contributed by atoms with E-state index in [1.165, 1.54) is 11.0 Å². The van der Waals surface area contributed by atoms with Gasteiger partial charge in [0, 0.05) is 18.5 Å². The molecule has 0 radical (unpaired) electrons. The van der Waals surface area contributed by atoms with Crippen molar-refractivity contribution in [3.63, 3.8) is 0 Å². The van der Waals surface area contributed by atoms with Gasteiger partial charge in [0.2, 0.25) is 5.91 Å². The maximum absolute atomic E-state index is 13.7. The number of primary amides is 1. The van der Waals surface area contributed by atoms with Gasteiger partial charge < -0.3 is 21.3 Å². The zero-order valence-corrected chi connectivity index (χ0v) is 20.2. The van der Waals surface area contributed by atoms with Crippen LogP contribution >= 0.6 is 0 Å². The molecular weight excluding hydrogens is 454 g/mol. The molecule has 10 heteroatoms. The number of hydrogen-bond acceptors (Lipinski definition) is 9. The average molecular weight is 486 g/mol. The van der Waals surface area contributed by atoms with Gasteiger partial charge >= 0.3 is 0 Å². The highest BCUT2D eigenvalue weighted by molar-refractivity contribution is 6.32. The van der Waals surface area contributed by atoms with Crippen molar-refractivity contribution in [3.05, 3.63) is 28.8 Å². The number of carbonyl (C=O) groups excluding carboxylic acids is 5. The van der Waals surface area contributed by atoms with Crippen LogP contribution in [0.25, 0.3) is 0 Å². The monoisotopic (exact) mass is 485 g/mol. The quantitative estimate of drug-likeness (QED) is 0.397. The Bertz CT molecular complexity index is 1140. The van der Waals surface area contributed by atoms with Crippen molar-refractivity contribution < 1.29 is 34.2 Å². The Kier molecular flexibility index (Phi) is 6.19. The molecule has 5 N–H and O–H groups in total. The third-order valence-corrected chi connectivity index (χ3v) is 7.74. The Labute approximate surface area is 202 Å². The lowest BCUT2D eigenvalue weighted by Crippen LogP contribution is -2.74. The molecule has 10 nitrogen and oxygen atoms in total. The van der Waals surface area contributed by atoms with Gasteiger partial charge in [0.1, 0.15) is 5.75 Å². The van der Waals surface area contributed by atoms with Crippen molar-refractivity contribution in [2.75, 3.05) is 14.1 Å². The summed E-state index contributed by atoms with van der Waals surface area (Å²) in [7, 11) is 3.12. The van der Waals surface area contributed by atoms with Crippen LogP contribution in [0, 0.1) is 23.7 Å². The van der Waals surface area contributed by atoms with Gasteiger partial charge in [-0.25, -0.2) is 0 Å². The summed E-state index contributed by atoms with van der Waals surface area (Å²) in [5.74, 6) is -10.3. The first kappa shape index (κ1) is 25.2. The zero-order valence-electron chi connectivity index (χ0n) is 20.2. The second-order valence-corrected chi connectivity index (χ2v) is 10.4. The minimum absolute atomic E-state index is 0.0136. The fourth-order valence-electron chi connectivity index (χ4n) is 6.15. The zero-order chi connectivity index (χ0) is 26.0. The molecule has 3 unspecified atom stereocenters.